The maximum Gasteiger partial charge on any atom is 0.253 e. The highest BCUT2D eigenvalue weighted by Gasteiger charge is 2.33. The molecule has 0 aliphatic rings. The summed E-state index contributed by atoms with van der Waals surface area (Å²) >= 11 is 0. The van der Waals surface area contributed by atoms with Crippen molar-refractivity contribution < 1.29 is 38.2 Å². The van der Waals surface area contributed by atoms with E-state index in [1.54, 1.807) is 35.2 Å². The van der Waals surface area contributed by atoms with E-state index >= 15 is 0 Å². The molecule has 0 bridgehead atoms. The van der Waals surface area contributed by atoms with Crippen molar-refractivity contribution >= 4 is 23.6 Å². The maximum absolute atomic E-state index is 14.0. The number of rotatable bonds is 15. The zero-order valence-electron chi connectivity index (χ0n) is 26.0. The Balaban J connectivity index is 1.94. The van der Waals surface area contributed by atoms with Gasteiger partial charge in [-0.3, -0.25) is 19.2 Å². The minimum absolute atomic E-state index is 0.0462. The van der Waals surface area contributed by atoms with Crippen LogP contribution in [-0.4, -0.2) is 76.1 Å². The number of nitrogens with two attached hydrogens (primary N) is 1. The van der Waals surface area contributed by atoms with Gasteiger partial charge in [-0.25, -0.2) is 8.78 Å². The molecule has 0 saturated carbocycles. The number of hydrogen-bond donors (Lipinski definition) is 5. The summed E-state index contributed by atoms with van der Waals surface area (Å²) in [5, 5.41) is 27.5. The van der Waals surface area contributed by atoms with E-state index in [2.05, 4.69) is 10.6 Å². The van der Waals surface area contributed by atoms with Crippen molar-refractivity contribution in [1.82, 2.24) is 15.5 Å². The molecule has 246 valence electrons. The largest absolute Gasteiger partial charge is 0.388 e. The van der Waals surface area contributed by atoms with Crippen LogP contribution in [-0.2, 0) is 6.42 Å². The summed E-state index contributed by atoms with van der Waals surface area (Å²) in [6.45, 7) is 6.16. The van der Waals surface area contributed by atoms with Crippen molar-refractivity contribution in [3.8, 4) is 0 Å². The molecule has 4 amide bonds. The quantitative estimate of drug-likeness (QED) is 0.172. The zero-order valence-corrected chi connectivity index (χ0v) is 26.0. The summed E-state index contributed by atoms with van der Waals surface area (Å²) in [7, 11) is 0. The Kier molecular flexibility index (Phi) is 12.9. The molecule has 3 aromatic carbocycles. The van der Waals surface area contributed by atoms with Crippen LogP contribution in [0.2, 0.25) is 0 Å². The number of aliphatic hydroxyl groups is 2. The first-order valence-electron chi connectivity index (χ1n) is 15.1. The molecule has 0 fully saturated rings. The number of aliphatic hydroxyl groups excluding tert-OH is 2. The van der Waals surface area contributed by atoms with Crippen molar-refractivity contribution in [2.24, 2.45) is 5.73 Å². The fourth-order valence-electron chi connectivity index (χ4n) is 5.05. The van der Waals surface area contributed by atoms with Crippen molar-refractivity contribution in [1.29, 1.82) is 0 Å². The number of nitrogens with one attached hydrogen (secondary N) is 2. The predicted molar refractivity (Wildman–Crippen MR) is 168 cm³/mol. The number of primary amides is 1. The van der Waals surface area contributed by atoms with Crippen LogP contribution >= 0.6 is 0 Å². The number of carbonyl (C=O) groups excluding carboxylic acids is 4. The number of halogens is 2. The molecule has 0 heterocycles. The Morgan fingerprint density at radius 3 is 1.87 bits per heavy atom. The van der Waals surface area contributed by atoms with Crippen LogP contribution in [0.25, 0.3) is 0 Å². The number of benzene rings is 3. The molecule has 3 rings (SSSR count). The SMILES string of the molecule is CCCN(CCC)C(=O)c1cc(C(N)=O)cc(C(=O)N[C@@H](Cc2cc(F)cc(F)c2)[C@@H](O)[C@H](O)[C@@H](C)NC(=O)c2ccccc2)c1. The molecule has 0 aliphatic carbocycles. The average molecular weight is 639 g/mol. The first kappa shape index (κ1) is 35.8. The fraction of sp³-hybridized carbons (Fsp3) is 0.353. The molecule has 0 aliphatic heterocycles. The first-order chi connectivity index (χ1) is 21.8. The molecule has 10 nitrogen and oxygen atoms in total. The lowest BCUT2D eigenvalue weighted by molar-refractivity contribution is -0.0187. The van der Waals surface area contributed by atoms with Crippen LogP contribution in [0.4, 0.5) is 8.78 Å². The molecule has 0 aromatic heterocycles. The van der Waals surface area contributed by atoms with Gasteiger partial charge < -0.3 is 31.5 Å². The van der Waals surface area contributed by atoms with E-state index in [9.17, 15) is 38.2 Å². The zero-order chi connectivity index (χ0) is 34.0. The van der Waals surface area contributed by atoms with Crippen molar-refractivity contribution in [2.45, 2.75) is 64.3 Å². The van der Waals surface area contributed by atoms with Gasteiger partial charge in [0.05, 0.1) is 12.1 Å². The third-order valence-electron chi connectivity index (χ3n) is 7.36. The molecule has 46 heavy (non-hydrogen) atoms. The molecule has 0 radical (unpaired) electrons. The number of nitrogens with zero attached hydrogens (tertiary/aromatic N) is 1. The van der Waals surface area contributed by atoms with Crippen molar-refractivity contribution in [2.75, 3.05) is 13.1 Å². The van der Waals surface area contributed by atoms with E-state index < -0.39 is 59.6 Å². The van der Waals surface area contributed by atoms with E-state index in [1.807, 2.05) is 13.8 Å². The Hall–Kier alpha value is -4.68. The van der Waals surface area contributed by atoms with Crippen LogP contribution in [0.3, 0.4) is 0 Å². The summed E-state index contributed by atoms with van der Waals surface area (Å²) in [6, 6.07) is 12.2. The minimum atomic E-state index is -1.76. The Bertz CT molecular complexity index is 1510. The highest BCUT2D eigenvalue weighted by Crippen LogP contribution is 2.18. The second kappa shape index (κ2) is 16.6. The van der Waals surface area contributed by atoms with E-state index in [0.29, 0.717) is 37.6 Å². The lowest BCUT2D eigenvalue weighted by Crippen LogP contribution is -2.55. The highest BCUT2D eigenvalue weighted by atomic mass is 19.1. The summed E-state index contributed by atoms with van der Waals surface area (Å²) < 4.78 is 28.1. The second-order valence-electron chi connectivity index (χ2n) is 11.1. The predicted octanol–water partition coefficient (Wildman–Crippen LogP) is 3.21. The summed E-state index contributed by atoms with van der Waals surface area (Å²) in [5.74, 6) is -4.45. The minimum Gasteiger partial charge on any atom is -0.388 e. The Morgan fingerprint density at radius 1 is 0.761 bits per heavy atom. The van der Waals surface area contributed by atoms with Crippen LogP contribution in [0, 0.1) is 11.6 Å². The Morgan fingerprint density at radius 2 is 1.30 bits per heavy atom. The fourth-order valence-corrected chi connectivity index (χ4v) is 5.05. The van der Waals surface area contributed by atoms with Crippen LogP contribution < -0.4 is 16.4 Å². The molecule has 6 N–H and O–H groups in total. The molecular weight excluding hydrogens is 598 g/mol. The molecule has 0 saturated heterocycles. The van der Waals surface area contributed by atoms with Gasteiger partial charge in [0.15, 0.2) is 0 Å². The van der Waals surface area contributed by atoms with Gasteiger partial charge >= 0.3 is 0 Å². The maximum atomic E-state index is 14.0. The van der Waals surface area contributed by atoms with Crippen LogP contribution in [0.5, 0.6) is 0 Å². The second-order valence-corrected chi connectivity index (χ2v) is 11.1. The first-order valence-corrected chi connectivity index (χ1v) is 15.1. The third-order valence-corrected chi connectivity index (χ3v) is 7.36. The number of amides is 4. The van der Waals surface area contributed by atoms with E-state index in [-0.39, 0.29) is 28.7 Å². The molecule has 4 atom stereocenters. The molecular formula is C34H40F2N4O6. The summed E-state index contributed by atoms with van der Waals surface area (Å²) in [5.41, 5.74) is 5.68. The van der Waals surface area contributed by atoms with E-state index in [1.165, 1.54) is 25.1 Å². The molecule has 12 heteroatoms. The topological polar surface area (TPSA) is 162 Å². The number of hydrogen-bond acceptors (Lipinski definition) is 6. The average Bonchev–Trinajstić information content (AvgIpc) is 3.02. The van der Waals surface area contributed by atoms with Gasteiger partial charge in [0.2, 0.25) is 5.91 Å². The van der Waals surface area contributed by atoms with Gasteiger partial charge in [0.1, 0.15) is 23.8 Å². The normalized spacial score (nSPS) is 13.6. The lowest BCUT2D eigenvalue weighted by atomic mass is 9.93. The van der Waals surface area contributed by atoms with Gasteiger partial charge in [-0.1, -0.05) is 32.0 Å². The van der Waals surface area contributed by atoms with Gasteiger partial charge in [-0.15, -0.1) is 0 Å². The molecule has 3 aromatic rings. The van der Waals surface area contributed by atoms with E-state index in [0.717, 1.165) is 12.1 Å². The summed E-state index contributed by atoms with van der Waals surface area (Å²) in [6.07, 6.45) is -2.38. The van der Waals surface area contributed by atoms with Gasteiger partial charge in [-0.2, -0.15) is 0 Å². The Labute approximate surface area is 266 Å². The van der Waals surface area contributed by atoms with E-state index in [4.69, 9.17) is 5.73 Å². The van der Waals surface area contributed by atoms with Crippen LogP contribution in [0.15, 0.2) is 66.7 Å². The van der Waals surface area contributed by atoms with Crippen LogP contribution in [0.1, 0.15) is 80.6 Å². The smallest absolute Gasteiger partial charge is 0.253 e. The van der Waals surface area contributed by atoms with Gasteiger partial charge in [0.25, 0.3) is 17.7 Å². The third kappa shape index (κ3) is 9.66. The van der Waals surface area contributed by atoms with Crippen molar-refractivity contribution in [3.63, 3.8) is 0 Å². The highest BCUT2D eigenvalue weighted by molar-refractivity contribution is 6.04. The summed E-state index contributed by atoms with van der Waals surface area (Å²) in [4.78, 5) is 53.3. The van der Waals surface area contributed by atoms with Gasteiger partial charge in [-0.05, 0) is 74.2 Å². The standard InChI is InChI=1S/C34H40F2N4O6/c1-4-11-40(12-5-2)34(46)25-17-23(31(37)43)16-24(18-25)33(45)39-28(15-21-13-26(35)19-27(36)14-21)30(42)29(41)20(3)38-32(44)22-9-7-6-8-10-22/h6-10,13-14,16-20,28-30,41-42H,4-5,11-12,15H2,1-3H3,(H2,37,43)(H,38,44)(H,39,45)/t20-,28+,29-,30-/m1/s1. The van der Waals surface area contributed by atoms with Gasteiger partial charge in [0, 0.05) is 41.4 Å². The monoisotopic (exact) mass is 638 g/mol. The number of carbonyl (C=O) groups is 4. The molecule has 0 spiro atoms. The molecule has 0 unspecified atom stereocenters. The van der Waals surface area contributed by atoms with Crippen molar-refractivity contribution in [3.05, 3.63) is 106 Å². The lowest BCUT2D eigenvalue weighted by Gasteiger charge is -2.31.